The number of tetrazole rings is 1. The second-order valence-electron chi connectivity index (χ2n) is 10.8. The first kappa shape index (κ1) is 24.2. The molecule has 2 aliphatic carbocycles. The van der Waals surface area contributed by atoms with Crippen LogP contribution in [0.25, 0.3) is 10.9 Å². The average molecular weight is 477 g/mol. The fourth-order valence-corrected chi connectivity index (χ4v) is 6.52. The largest absolute Gasteiger partial charge is 0.321 e. The first-order chi connectivity index (χ1) is 17.0. The van der Waals surface area contributed by atoms with Crippen molar-refractivity contribution in [2.75, 3.05) is 0 Å². The maximum absolute atomic E-state index is 13.3. The number of hydrogen-bond acceptors (Lipinski definition) is 5. The Morgan fingerprint density at radius 2 is 1.74 bits per heavy atom. The summed E-state index contributed by atoms with van der Waals surface area (Å²) in [6.07, 6.45) is 13.2. The fourth-order valence-electron chi connectivity index (χ4n) is 6.52. The fraction of sp³-hybridized carbons (Fsp3) is 0.643. The molecule has 1 unspecified atom stereocenters. The van der Waals surface area contributed by atoms with Crippen LogP contribution in [0.3, 0.4) is 0 Å². The summed E-state index contributed by atoms with van der Waals surface area (Å²) in [5.41, 5.74) is 4.14. The van der Waals surface area contributed by atoms with Gasteiger partial charge in [0.05, 0.1) is 17.6 Å². The highest BCUT2D eigenvalue weighted by Gasteiger charge is 2.33. The maximum Gasteiger partial charge on any atom is 0.252 e. The zero-order chi connectivity index (χ0) is 24.4. The van der Waals surface area contributed by atoms with E-state index in [4.69, 9.17) is 0 Å². The molecule has 7 nitrogen and oxygen atoms in total. The quantitative estimate of drug-likeness (QED) is 0.458. The molecule has 0 aliphatic heterocycles. The van der Waals surface area contributed by atoms with Gasteiger partial charge in [0, 0.05) is 18.2 Å². The van der Waals surface area contributed by atoms with Crippen LogP contribution in [0.2, 0.25) is 0 Å². The van der Waals surface area contributed by atoms with E-state index < -0.39 is 0 Å². The van der Waals surface area contributed by atoms with Gasteiger partial charge in [0.25, 0.3) is 5.56 Å². The maximum atomic E-state index is 13.3. The molecule has 1 aromatic carbocycles. The standard InChI is InChI=1S/C28H40N6O/c1-4-25(27-30-31-32-34(27)24-13-9-6-10-14-24)33(23-11-7-5-8-12-23)18-22-17-21-16-19(2)15-20(3)26(21)29-28(22)35/h15-17,23-25H,4-14,18H2,1-3H3,(H,29,35). The van der Waals surface area contributed by atoms with Crippen LogP contribution in [0.5, 0.6) is 0 Å². The van der Waals surface area contributed by atoms with Crippen molar-refractivity contribution in [3.63, 3.8) is 0 Å². The SMILES string of the molecule is CCC(c1nnnn1C1CCCCC1)N(Cc1cc2cc(C)cc(C)c2[nH]c1=O)C1CCCCC1. The normalized spacial score (nSPS) is 19.0. The molecule has 0 saturated heterocycles. The number of hydrogen-bond donors (Lipinski definition) is 1. The summed E-state index contributed by atoms with van der Waals surface area (Å²) in [7, 11) is 0. The summed E-state index contributed by atoms with van der Waals surface area (Å²) in [5, 5.41) is 14.3. The van der Waals surface area contributed by atoms with E-state index >= 15 is 0 Å². The highest BCUT2D eigenvalue weighted by molar-refractivity contribution is 5.82. The zero-order valence-corrected chi connectivity index (χ0v) is 21.6. The van der Waals surface area contributed by atoms with Crippen molar-refractivity contribution in [1.29, 1.82) is 0 Å². The lowest BCUT2D eigenvalue weighted by molar-refractivity contribution is 0.0821. The van der Waals surface area contributed by atoms with E-state index in [0.29, 0.717) is 18.6 Å². The number of H-pyrrole nitrogens is 1. The lowest BCUT2D eigenvalue weighted by Crippen LogP contribution is -2.41. The van der Waals surface area contributed by atoms with E-state index in [1.165, 1.54) is 56.9 Å². The van der Waals surface area contributed by atoms with Gasteiger partial charge in [-0.05, 0) is 79.5 Å². The molecule has 1 N–H and O–H groups in total. The Bertz CT molecular complexity index is 1200. The van der Waals surface area contributed by atoms with E-state index in [0.717, 1.165) is 47.1 Å². The number of nitrogens with one attached hydrogen (secondary N) is 1. The lowest BCUT2D eigenvalue weighted by Gasteiger charge is -2.39. The minimum atomic E-state index is 0.0204. The molecular formula is C28H40N6O. The van der Waals surface area contributed by atoms with Crippen molar-refractivity contribution < 1.29 is 0 Å². The summed E-state index contributed by atoms with van der Waals surface area (Å²) in [4.78, 5) is 19.0. The van der Waals surface area contributed by atoms with Gasteiger partial charge in [0.15, 0.2) is 5.82 Å². The van der Waals surface area contributed by atoms with Crippen LogP contribution < -0.4 is 5.56 Å². The molecule has 2 aliphatic rings. The van der Waals surface area contributed by atoms with Crippen molar-refractivity contribution in [2.24, 2.45) is 0 Å². The lowest BCUT2D eigenvalue weighted by atomic mass is 9.91. The molecule has 3 aromatic rings. The van der Waals surface area contributed by atoms with E-state index in [1.54, 1.807) is 0 Å². The Labute approximate surface area is 208 Å². The minimum Gasteiger partial charge on any atom is -0.321 e. The summed E-state index contributed by atoms with van der Waals surface area (Å²) in [6.45, 7) is 7.04. The molecular weight excluding hydrogens is 436 g/mol. The summed E-state index contributed by atoms with van der Waals surface area (Å²) in [5.74, 6) is 0.980. The van der Waals surface area contributed by atoms with Crippen LogP contribution in [0.4, 0.5) is 0 Å². The Morgan fingerprint density at radius 3 is 2.46 bits per heavy atom. The molecule has 35 heavy (non-hydrogen) atoms. The molecule has 2 aromatic heterocycles. The molecule has 0 amide bonds. The van der Waals surface area contributed by atoms with Gasteiger partial charge in [0.2, 0.25) is 0 Å². The van der Waals surface area contributed by atoms with Crippen molar-refractivity contribution >= 4 is 10.9 Å². The summed E-state index contributed by atoms with van der Waals surface area (Å²) < 4.78 is 2.13. The van der Waals surface area contributed by atoms with Crippen molar-refractivity contribution in [1.82, 2.24) is 30.1 Å². The van der Waals surface area contributed by atoms with Crippen LogP contribution in [0, 0.1) is 13.8 Å². The van der Waals surface area contributed by atoms with Gasteiger partial charge in [0.1, 0.15) is 0 Å². The average Bonchev–Trinajstić information content (AvgIpc) is 3.35. The molecule has 2 saturated carbocycles. The molecule has 0 spiro atoms. The van der Waals surface area contributed by atoms with Gasteiger partial charge >= 0.3 is 0 Å². The number of aromatic amines is 1. The van der Waals surface area contributed by atoms with Gasteiger partial charge in [-0.1, -0.05) is 57.1 Å². The number of benzene rings is 1. The second-order valence-corrected chi connectivity index (χ2v) is 10.8. The summed E-state index contributed by atoms with van der Waals surface area (Å²) in [6, 6.07) is 7.36. The monoisotopic (exact) mass is 476 g/mol. The number of nitrogens with zero attached hydrogens (tertiary/aromatic N) is 5. The number of rotatable bonds is 7. The Hall–Kier alpha value is -2.54. The molecule has 2 fully saturated rings. The third-order valence-electron chi connectivity index (χ3n) is 8.29. The first-order valence-corrected chi connectivity index (χ1v) is 13.7. The highest BCUT2D eigenvalue weighted by Crippen LogP contribution is 2.35. The van der Waals surface area contributed by atoms with Crippen LogP contribution in [-0.2, 0) is 6.54 Å². The Balaban J connectivity index is 1.53. The third kappa shape index (κ3) is 5.06. The van der Waals surface area contributed by atoms with Crippen molar-refractivity contribution in [3.8, 4) is 0 Å². The predicted octanol–water partition coefficient (Wildman–Crippen LogP) is 5.92. The summed E-state index contributed by atoms with van der Waals surface area (Å²) >= 11 is 0. The highest BCUT2D eigenvalue weighted by atomic mass is 16.1. The third-order valence-corrected chi connectivity index (χ3v) is 8.29. The number of aromatic nitrogens is 5. The molecule has 5 rings (SSSR count). The van der Waals surface area contributed by atoms with E-state index in [-0.39, 0.29) is 11.6 Å². The first-order valence-electron chi connectivity index (χ1n) is 13.7. The molecule has 2 heterocycles. The molecule has 0 radical (unpaired) electrons. The smallest absolute Gasteiger partial charge is 0.252 e. The van der Waals surface area contributed by atoms with E-state index in [9.17, 15) is 4.79 Å². The molecule has 1 atom stereocenters. The molecule has 0 bridgehead atoms. The van der Waals surface area contributed by atoms with Crippen LogP contribution in [-0.4, -0.2) is 36.1 Å². The Morgan fingerprint density at radius 1 is 1.03 bits per heavy atom. The van der Waals surface area contributed by atoms with Gasteiger partial charge < -0.3 is 4.98 Å². The van der Waals surface area contributed by atoms with Crippen molar-refractivity contribution in [2.45, 2.75) is 116 Å². The number of aryl methyl sites for hydroxylation is 2. The predicted molar refractivity (Wildman–Crippen MR) is 139 cm³/mol. The van der Waals surface area contributed by atoms with E-state index in [2.05, 4.69) is 69.1 Å². The van der Waals surface area contributed by atoms with Crippen LogP contribution in [0.15, 0.2) is 23.0 Å². The van der Waals surface area contributed by atoms with Gasteiger partial charge in [-0.3, -0.25) is 9.69 Å². The number of pyridine rings is 1. The molecule has 7 heteroatoms. The second kappa shape index (κ2) is 10.6. The van der Waals surface area contributed by atoms with Crippen molar-refractivity contribution in [3.05, 3.63) is 51.1 Å². The minimum absolute atomic E-state index is 0.0204. The van der Waals surface area contributed by atoms with Gasteiger partial charge in [-0.25, -0.2) is 4.68 Å². The van der Waals surface area contributed by atoms with E-state index in [1.807, 2.05) is 0 Å². The topological polar surface area (TPSA) is 79.7 Å². The zero-order valence-electron chi connectivity index (χ0n) is 21.6. The van der Waals surface area contributed by atoms with Crippen LogP contribution in [0.1, 0.15) is 112 Å². The van der Waals surface area contributed by atoms with Gasteiger partial charge in [-0.15, -0.1) is 5.10 Å². The van der Waals surface area contributed by atoms with Gasteiger partial charge in [-0.2, -0.15) is 0 Å². The number of fused-ring (bicyclic) bond motifs is 1. The molecule has 188 valence electrons. The van der Waals surface area contributed by atoms with Crippen LogP contribution >= 0.6 is 0 Å². The Kier molecular flexibility index (Phi) is 7.32.